The summed E-state index contributed by atoms with van der Waals surface area (Å²) in [5, 5.41) is 0.959. The van der Waals surface area contributed by atoms with E-state index in [2.05, 4.69) is 0 Å². The average molecular weight is 290 g/mol. The van der Waals surface area contributed by atoms with Crippen molar-refractivity contribution in [2.24, 2.45) is 5.73 Å². The molecule has 106 valence electrons. The van der Waals surface area contributed by atoms with Crippen molar-refractivity contribution in [1.29, 1.82) is 0 Å². The van der Waals surface area contributed by atoms with Crippen molar-refractivity contribution in [2.45, 2.75) is 25.3 Å². The normalized spacial score (nSPS) is 14.9. The van der Waals surface area contributed by atoms with Crippen molar-refractivity contribution in [3.8, 4) is 11.5 Å². The van der Waals surface area contributed by atoms with Gasteiger partial charge >= 0.3 is 0 Å². The lowest BCUT2D eigenvalue weighted by atomic mass is 10.1. The third kappa shape index (κ3) is 2.27. The van der Waals surface area contributed by atoms with Gasteiger partial charge < -0.3 is 15.2 Å². The summed E-state index contributed by atoms with van der Waals surface area (Å²) in [6, 6.07) is 5.41. The molecule has 0 saturated carbocycles. The van der Waals surface area contributed by atoms with Crippen LogP contribution < -0.4 is 15.2 Å². The number of nitrogens with zero attached hydrogens (tertiary/aromatic N) is 1. The Morgan fingerprint density at radius 2 is 2.10 bits per heavy atom. The maximum absolute atomic E-state index is 6.39. The van der Waals surface area contributed by atoms with Gasteiger partial charge in [0.15, 0.2) is 0 Å². The molecule has 4 nitrogen and oxygen atoms in total. The van der Waals surface area contributed by atoms with Gasteiger partial charge in [-0.25, -0.2) is 4.98 Å². The van der Waals surface area contributed by atoms with E-state index in [1.807, 2.05) is 18.2 Å². The standard InChI is InChI=1S/C15H18N2O2S/c1-18-9-6-7-12(19-2)10(8-9)14(16)15-17-11-4-3-5-13(11)20-15/h6-8,14H,3-5,16H2,1-2H3. The molecule has 0 aliphatic heterocycles. The molecule has 0 fully saturated rings. The van der Waals surface area contributed by atoms with Crippen LogP contribution in [0.3, 0.4) is 0 Å². The van der Waals surface area contributed by atoms with E-state index < -0.39 is 0 Å². The summed E-state index contributed by atoms with van der Waals surface area (Å²) in [5.41, 5.74) is 8.53. The average Bonchev–Trinajstić information content (AvgIpc) is 3.07. The van der Waals surface area contributed by atoms with Crippen molar-refractivity contribution in [3.63, 3.8) is 0 Å². The summed E-state index contributed by atoms with van der Waals surface area (Å²) in [7, 11) is 3.30. The largest absolute Gasteiger partial charge is 0.497 e. The Labute approximate surface area is 122 Å². The molecule has 1 unspecified atom stereocenters. The SMILES string of the molecule is COc1ccc(OC)c(C(N)c2nc3c(s2)CCC3)c1. The van der Waals surface area contributed by atoms with Gasteiger partial charge in [-0.1, -0.05) is 0 Å². The Hall–Kier alpha value is -1.59. The van der Waals surface area contributed by atoms with Gasteiger partial charge in [-0.15, -0.1) is 11.3 Å². The molecular weight excluding hydrogens is 272 g/mol. The van der Waals surface area contributed by atoms with Crippen LogP contribution in [0.5, 0.6) is 11.5 Å². The van der Waals surface area contributed by atoms with Gasteiger partial charge in [0.25, 0.3) is 0 Å². The van der Waals surface area contributed by atoms with Gasteiger partial charge in [-0.2, -0.15) is 0 Å². The highest BCUT2D eigenvalue weighted by atomic mass is 32.1. The quantitative estimate of drug-likeness (QED) is 0.940. The monoisotopic (exact) mass is 290 g/mol. The van der Waals surface area contributed by atoms with Crippen LogP contribution in [0.2, 0.25) is 0 Å². The zero-order chi connectivity index (χ0) is 14.1. The summed E-state index contributed by atoms with van der Waals surface area (Å²) < 4.78 is 10.7. The first-order valence-electron chi connectivity index (χ1n) is 6.69. The summed E-state index contributed by atoms with van der Waals surface area (Å²) in [5.74, 6) is 1.55. The molecule has 2 aromatic rings. The van der Waals surface area contributed by atoms with E-state index in [1.54, 1.807) is 25.6 Å². The van der Waals surface area contributed by atoms with Crippen LogP contribution in [0.25, 0.3) is 0 Å². The van der Waals surface area contributed by atoms with Gasteiger partial charge in [-0.3, -0.25) is 0 Å². The third-order valence-electron chi connectivity index (χ3n) is 3.65. The van der Waals surface area contributed by atoms with Gasteiger partial charge in [0.1, 0.15) is 16.5 Å². The minimum atomic E-state index is -0.268. The Morgan fingerprint density at radius 1 is 1.25 bits per heavy atom. The smallest absolute Gasteiger partial charge is 0.124 e. The van der Waals surface area contributed by atoms with Gasteiger partial charge in [0.2, 0.25) is 0 Å². The maximum Gasteiger partial charge on any atom is 0.124 e. The highest BCUT2D eigenvalue weighted by Crippen LogP contribution is 2.36. The summed E-state index contributed by atoms with van der Waals surface area (Å²) in [4.78, 5) is 6.08. The summed E-state index contributed by atoms with van der Waals surface area (Å²) in [6.07, 6.45) is 3.43. The molecule has 1 aromatic carbocycles. The Kier molecular flexibility index (Phi) is 3.63. The molecule has 1 aliphatic carbocycles. The predicted octanol–water partition coefficient (Wildman–Crippen LogP) is 2.70. The fourth-order valence-corrected chi connectivity index (χ4v) is 3.73. The molecule has 0 amide bonds. The van der Waals surface area contributed by atoms with Crippen LogP contribution in [0.4, 0.5) is 0 Å². The van der Waals surface area contributed by atoms with Crippen molar-refractivity contribution >= 4 is 11.3 Å². The van der Waals surface area contributed by atoms with Crippen LogP contribution in [0.1, 0.15) is 33.6 Å². The van der Waals surface area contributed by atoms with Crippen LogP contribution >= 0.6 is 11.3 Å². The number of hydrogen-bond donors (Lipinski definition) is 1. The zero-order valence-electron chi connectivity index (χ0n) is 11.7. The molecule has 1 atom stereocenters. The fraction of sp³-hybridized carbons (Fsp3) is 0.400. The molecule has 0 saturated heterocycles. The first kappa shape index (κ1) is 13.4. The third-order valence-corrected chi connectivity index (χ3v) is 4.89. The second-order valence-electron chi connectivity index (χ2n) is 4.86. The molecule has 1 aromatic heterocycles. The fourth-order valence-electron chi connectivity index (χ4n) is 2.56. The van der Waals surface area contributed by atoms with E-state index in [-0.39, 0.29) is 6.04 Å². The number of methoxy groups -OCH3 is 2. The Bertz CT molecular complexity index is 603. The number of rotatable bonds is 4. The minimum Gasteiger partial charge on any atom is -0.497 e. The molecule has 0 spiro atoms. The van der Waals surface area contributed by atoms with E-state index >= 15 is 0 Å². The Balaban J connectivity index is 1.97. The molecule has 2 N–H and O–H groups in total. The molecule has 3 rings (SSSR count). The molecular formula is C15H18N2O2S. The number of ether oxygens (including phenoxy) is 2. The predicted molar refractivity (Wildman–Crippen MR) is 79.7 cm³/mol. The van der Waals surface area contributed by atoms with E-state index in [1.165, 1.54) is 17.0 Å². The topological polar surface area (TPSA) is 57.4 Å². The lowest BCUT2D eigenvalue weighted by molar-refractivity contribution is 0.397. The Morgan fingerprint density at radius 3 is 2.80 bits per heavy atom. The summed E-state index contributed by atoms with van der Waals surface area (Å²) >= 11 is 1.73. The van der Waals surface area contributed by atoms with E-state index in [0.717, 1.165) is 34.9 Å². The molecule has 1 aliphatic rings. The number of hydrogen-bond acceptors (Lipinski definition) is 5. The molecule has 1 heterocycles. The number of aryl methyl sites for hydroxylation is 2. The number of aromatic nitrogens is 1. The lowest BCUT2D eigenvalue weighted by Gasteiger charge is -2.15. The van der Waals surface area contributed by atoms with Gasteiger partial charge in [-0.05, 0) is 37.5 Å². The molecule has 20 heavy (non-hydrogen) atoms. The first-order valence-corrected chi connectivity index (χ1v) is 7.50. The molecule has 5 heteroatoms. The molecule has 0 radical (unpaired) electrons. The highest BCUT2D eigenvalue weighted by molar-refractivity contribution is 7.11. The van der Waals surface area contributed by atoms with Crippen LogP contribution in [0, 0.1) is 0 Å². The van der Waals surface area contributed by atoms with Gasteiger partial charge in [0.05, 0.1) is 26.0 Å². The van der Waals surface area contributed by atoms with Crippen LogP contribution in [-0.4, -0.2) is 19.2 Å². The van der Waals surface area contributed by atoms with Crippen molar-refractivity contribution in [2.75, 3.05) is 14.2 Å². The second-order valence-corrected chi connectivity index (χ2v) is 5.98. The zero-order valence-corrected chi connectivity index (χ0v) is 12.5. The minimum absolute atomic E-state index is 0.268. The molecule has 0 bridgehead atoms. The van der Waals surface area contributed by atoms with Crippen molar-refractivity contribution in [1.82, 2.24) is 4.98 Å². The highest BCUT2D eigenvalue weighted by Gasteiger charge is 2.23. The number of benzene rings is 1. The van der Waals surface area contributed by atoms with E-state index in [4.69, 9.17) is 20.2 Å². The van der Waals surface area contributed by atoms with Crippen molar-refractivity contribution < 1.29 is 9.47 Å². The van der Waals surface area contributed by atoms with Crippen LogP contribution in [0.15, 0.2) is 18.2 Å². The first-order chi connectivity index (χ1) is 9.72. The van der Waals surface area contributed by atoms with E-state index in [0.29, 0.717) is 0 Å². The maximum atomic E-state index is 6.39. The number of nitrogens with two attached hydrogens (primary N) is 1. The summed E-state index contributed by atoms with van der Waals surface area (Å²) in [6.45, 7) is 0. The lowest BCUT2D eigenvalue weighted by Crippen LogP contribution is -2.13. The second kappa shape index (κ2) is 5.42. The van der Waals surface area contributed by atoms with Gasteiger partial charge in [0, 0.05) is 10.4 Å². The van der Waals surface area contributed by atoms with Crippen molar-refractivity contribution in [3.05, 3.63) is 39.3 Å². The van der Waals surface area contributed by atoms with E-state index in [9.17, 15) is 0 Å². The van der Waals surface area contributed by atoms with Crippen LogP contribution in [-0.2, 0) is 12.8 Å². The number of fused-ring (bicyclic) bond motifs is 1. The number of thiazole rings is 1.